The predicted octanol–water partition coefficient (Wildman–Crippen LogP) is 4.91. The van der Waals surface area contributed by atoms with Crippen LogP contribution >= 0.6 is 11.6 Å². The molecule has 3 rings (SSSR count). The maximum absolute atomic E-state index is 12.7. The molecular weight excluding hydrogens is 374 g/mol. The summed E-state index contributed by atoms with van der Waals surface area (Å²) >= 11 is 6.04. The van der Waals surface area contributed by atoms with Crippen LogP contribution in [0.4, 0.5) is 0 Å². The Morgan fingerprint density at radius 3 is 2.18 bits per heavy atom. The highest BCUT2D eigenvalue weighted by atomic mass is 35.5. The van der Waals surface area contributed by atoms with E-state index in [9.17, 15) is 9.59 Å². The number of benzene rings is 3. The van der Waals surface area contributed by atoms with Gasteiger partial charge in [-0.1, -0.05) is 78.3 Å². The number of rotatable bonds is 8. The summed E-state index contributed by atoms with van der Waals surface area (Å²) in [5, 5.41) is 3.32. The molecule has 1 N–H and O–H groups in total. The molecule has 2 atom stereocenters. The van der Waals surface area contributed by atoms with Crippen LogP contribution in [-0.2, 0) is 9.59 Å². The lowest BCUT2D eigenvalue weighted by atomic mass is 10.0. The van der Waals surface area contributed by atoms with Gasteiger partial charge in [0.25, 0.3) is 0 Å². The van der Waals surface area contributed by atoms with Crippen molar-refractivity contribution in [2.24, 2.45) is 0 Å². The minimum absolute atomic E-state index is 0.0632. The highest BCUT2D eigenvalue weighted by molar-refractivity contribution is 6.30. The largest absolute Gasteiger partial charge is 0.485 e. The first kappa shape index (κ1) is 19.6. The first-order chi connectivity index (χ1) is 13.7. The van der Waals surface area contributed by atoms with Crippen LogP contribution in [0.3, 0.4) is 0 Å². The highest BCUT2D eigenvalue weighted by Gasteiger charge is 2.21. The summed E-state index contributed by atoms with van der Waals surface area (Å²) in [4.78, 5) is 24.1. The van der Waals surface area contributed by atoms with Crippen molar-refractivity contribution in [1.82, 2.24) is 5.32 Å². The molecule has 3 aromatic rings. The van der Waals surface area contributed by atoms with E-state index in [2.05, 4.69) is 5.32 Å². The van der Waals surface area contributed by atoms with Crippen LogP contribution in [0.5, 0.6) is 5.75 Å². The quantitative estimate of drug-likeness (QED) is 0.553. The Morgan fingerprint density at radius 1 is 0.929 bits per heavy atom. The zero-order valence-electron chi connectivity index (χ0n) is 15.1. The molecule has 0 aromatic heterocycles. The van der Waals surface area contributed by atoms with Gasteiger partial charge in [-0.25, -0.2) is 0 Å². The van der Waals surface area contributed by atoms with Gasteiger partial charge in [-0.2, -0.15) is 0 Å². The molecule has 0 saturated carbocycles. The summed E-state index contributed by atoms with van der Waals surface area (Å²) in [6.45, 7) is 0. The number of hydrogen-bond donors (Lipinski definition) is 1. The molecule has 0 bridgehead atoms. The molecule has 142 valence electrons. The van der Waals surface area contributed by atoms with E-state index in [-0.39, 0.29) is 12.3 Å². The Bertz CT molecular complexity index is 915. The van der Waals surface area contributed by atoms with Gasteiger partial charge in [-0.3, -0.25) is 4.79 Å². The SMILES string of the molecule is O=CC(NC(=O)CC(Oc1cccc(Cl)c1)c1ccccc1)c1ccccc1. The first-order valence-corrected chi connectivity index (χ1v) is 9.30. The topological polar surface area (TPSA) is 55.4 Å². The van der Waals surface area contributed by atoms with Crippen LogP contribution in [0.15, 0.2) is 84.9 Å². The predicted molar refractivity (Wildman–Crippen MR) is 109 cm³/mol. The molecule has 5 heteroatoms. The van der Waals surface area contributed by atoms with Crippen molar-refractivity contribution < 1.29 is 14.3 Å². The number of hydrogen-bond acceptors (Lipinski definition) is 3. The zero-order chi connectivity index (χ0) is 19.8. The fourth-order valence-electron chi connectivity index (χ4n) is 2.86. The molecule has 1 amide bonds. The molecule has 0 saturated heterocycles. The molecule has 0 aliphatic heterocycles. The molecule has 0 radical (unpaired) electrons. The van der Waals surface area contributed by atoms with Crippen LogP contribution in [0.25, 0.3) is 0 Å². The number of carbonyl (C=O) groups excluding carboxylic acids is 2. The number of ether oxygens (including phenoxy) is 1. The lowest BCUT2D eigenvalue weighted by Crippen LogP contribution is -2.31. The summed E-state index contributed by atoms with van der Waals surface area (Å²) in [5.74, 6) is 0.293. The maximum atomic E-state index is 12.7. The maximum Gasteiger partial charge on any atom is 0.224 e. The Kier molecular flexibility index (Phi) is 6.82. The minimum atomic E-state index is -0.698. The fourth-order valence-corrected chi connectivity index (χ4v) is 3.04. The van der Waals surface area contributed by atoms with E-state index < -0.39 is 12.1 Å². The molecule has 3 aromatic carbocycles. The van der Waals surface area contributed by atoms with E-state index in [1.54, 1.807) is 36.4 Å². The summed E-state index contributed by atoms with van der Waals surface area (Å²) in [6, 6.07) is 24.9. The highest BCUT2D eigenvalue weighted by Crippen LogP contribution is 2.27. The average molecular weight is 394 g/mol. The molecule has 0 aliphatic carbocycles. The second-order valence-corrected chi connectivity index (χ2v) is 6.71. The van der Waals surface area contributed by atoms with Gasteiger partial charge >= 0.3 is 0 Å². The van der Waals surface area contributed by atoms with E-state index in [0.29, 0.717) is 10.8 Å². The molecule has 0 spiro atoms. The van der Waals surface area contributed by atoms with Gasteiger partial charge in [0.1, 0.15) is 24.2 Å². The van der Waals surface area contributed by atoms with Crippen LogP contribution in [-0.4, -0.2) is 12.2 Å². The second-order valence-electron chi connectivity index (χ2n) is 6.27. The third-order valence-electron chi connectivity index (χ3n) is 4.23. The standard InChI is InChI=1S/C23H20ClNO3/c24-19-12-7-13-20(14-19)28-22(18-10-5-2-6-11-18)15-23(27)25-21(16-26)17-8-3-1-4-9-17/h1-14,16,21-22H,15H2,(H,25,27). The van der Waals surface area contributed by atoms with Gasteiger partial charge < -0.3 is 14.8 Å². The summed E-state index contributed by atoms with van der Waals surface area (Å²) in [6.07, 6.45) is 0.277. The van der Waals surface area contributed by atoms with E-state index >= 15 is 0 Å². The van der Waals surface area contributed by atoms with E-state index in [1.807, 2.05) is 48.5 Å². The molecule has 0 fully saturated rings. The van der Waals surface area contributed by atoms with E-state index in [4.69, 9.17) is 16.3 Å². The fraction of sp³-hybridized carbons (Fsp3) is 0.130. The molecule has 28 heavy (non-hydrogen) atoms. The van der Waals surface area contributed by atoms with Crippen LogP contribution in [0.1, 0.15) is 29.7 Å². The lowest BCUT2D eigenvalue weighted by Gasteiger charge is -2.21. The second kappa shape index (κ2) is 9.72. The Hall–Kier alpha value is -3.11. The summed E-state index contributed by atoms with van der Waals surface area (Å²) in [7, 11) is 0. The number of amides is 1. The summed E-state index contributed by atoms with van der Waals surface area (Å²) in [5.41, 5.74) is 1.60. The van der Waals surface area contributed by atoms with Gasteiger partial charge in [-0.15, -0.1) is 0 Å². The van der Waals surface area contributed by atoms with Crippen LogP contribution in [0.2, 0.25) is 5.02 Å². The summed E-state index contributed by atoms with van der Waals surface area (Å²) < 4.78 is 6.04. The third-order valence-corrected chi connectivity index (χ3v) is 4.46. The normalized spacial score (nSPS) is 12.6. The molecular formula is C23H20ClNO3. The minimum Gasteiger partial charge on any atom is -0.485 e. The van der Waals surface area contributed by atoms with E-state index in [0.717, 1.165) is 17.4 Å². The molecule has 0 aliphatic rings. The Labute approximate surface area is 169 Å². The number of halogens is 1. The van der Waals surface area contributed by atoms with Crippen molar-refractivity contribution in [3.63, 3.8) is 0 Å². The smallest absolute Gasteiger partial charge is 0.224 e. The number of nitrogens with one attached hydrogen (secondary N) is 1. The molecule has 2 unspecified atom stereocenters. The van der Waals surface area contributed by atoms with Crippen LogP contribution in [0, 0.1) is 0 Å². The Balaban J connectivity index is 1.75. The number of aldehydes is 1. The van der Waals surface area contributed by atoms with Gasteiger partial charge in [0.2, 0.25) is 5.91 Å². The molecule has 0 heterocycles. The van der Waals surface area contributed by atoms with Gasteiger partial charge in [0.15, 0.2) is 0 Å². The number of carbonyl (C=O) groups is 2. The zero-order valence-corrected chi connectivity index (χ0v) is 15.9. The van der Waals surface area contributed by atoms with Crippen molar-refractivity contribution in [3.05, 3.63) is 101 Å². The van der Waals surface area contributed by atoms with Crippen molar-refractivity contribution in [2.45, 2.75) is 18.6 Å². The van der Waals surface area contributed by atoms with Gasteiger partial charge in [-0.05, 0) is 29.3 Å². The van der Waals surface area contributed by atoms with E-state index in [1.165, 1.54) is 0 Å². The van der Waals surface area contributed by atoms with Crippen molar-refractivity contribution in [1.29, 1.82) is 0 Å². The average Bonchev–Trinajstić information content (AvgIpc) is 2.73. The monoisotopic (exact) mass is 393 g/mol. The van der Waals surface area contributed by atoms with Crippen LogP contribution < -0.4 is 10.1 Å². The van der Waals surface area contributed by atoms with Crippen molar-refractivity contribution in [2.75, 3.05) is 0 Å². The Morgan fingerprint density at radius 2 is 1.57 bits per heavy atom. The molecule has 4 nitrogen and oxygen atoms in total. The van der Waals surface area contributed by atoms with Gasteiger partial charge in [0, 0.05) is 5.02 Å². The van der Waals surface area contributed by atoms with Gasteiger partial charge in [0.05, 0.1) is 6.42 Å². The third kappa shape index (κ3) is 5.44. The van der Waals surface area contributed by atoms with Crippen molar-refractivity contribution in [3.8, 4) is 5.75 Å². The first-order valence-electron chi connectivity index (χ1n) is 8.92. The van der Waals surface area contributed by atoms with Crippen molar-refractivity contribution >= 4 is 23.8 Å². The lowest BCUT2D eigenvalue weighted by molar-refractivity contribution is -0.125.